The summed E-state index contributed by atoms with van der Waals surface area (Å²) in [4.78, 5) is 5.65. The average Bonchev–Trinajstić information content (AvgIpc) is 2.57. The number of aryl methyl sites for hydroxylation is 1. The Morgan fingerprint density at radius 1 is 1.38 bits per heavy atom. The molecule has 3 nitrogen and oxygen atoms in total. The van der Waals surface area contributed by atoms with Crippen LogP contribution in [0, 0.1) is 12.8 Å². The van der Waals surface area contributed by atoms with Crippen LogP contribution in [0.2, 0.25) is 0 Å². The zero-order valence-electron chi connectivity index (χ0n) is 9.91. The summed E-state index contributed by atoms with van der Waals surface area (Å²) in [5.74, 6) is 6.43. The third-order valence-corrected chi connectivity index (χ3v) is 4.63. The molecule has 0 aromatic carbocycles. The SMILES string of the molecule is Cc1ncsc1C(NN)C1CCCCCC1. The first-order valence-corrected chi connectivity index (χ1v) is 7.07. The predicted molar refractivity (Wildman–Crippen MR) is 68.1 cm³/mol. The Bertz CT molecular complexity index is 316. The van der Waals surface area contributed by atoms with Crippen LogP contribution in [0.4, 0.5) is 0 Å². The summed E-state index contributed by atoms with van der Waals surface area (Å²) in [6.07, 6.45) is 8.06. The number of nitrogens with two attached hydrogens (primary N) is 1. The molecule has 3 N–H and O–H groups in total. The second-order valence-corrected chi connectivity index (χ2v) is 5.58. The summed E-state index contributed by atoms with van der Waals surface area (Å²) in [5, 5.41) is 0. The highest BCUT2D eigenvalue weighted by molar-refractivity contribution is 7.09. The van der Waals surface area contributed by atoms with Crippen LogP contribution in [0.3, 0.4) is 0 Å². The Balaban J connectivity index is 2.12. The molecule has 0 spiro atoms. The van der Waals surface area contributed by atoms with Crippen LogP contribution in [-0.4, -0.2) is 4.98 Å². The molecular formula is C12H21N3S. The highest BCUT2D eigenvalue weighted by atomic mass is 32.1. The van der Waals surface area contributed by atoms with Gasteiger partial charge in [-0.25, -0.2) is 4.98 Å². The van der Waals surface area contributed by atoms with Crippen LogP contribution in [0.5, 0.6) is 0 Å². The summed E-state index contributed by atoms with van der Waals surface area (Å²) in [6, 6.07) is 0.311. The van der Waals surface area contributed by atoms with E-state index in [4.69, 9.17) is 5.84 Å². The minimum atomic E-state index is 0.311. The van der Waals surface area contributed by atoms with Crippen molar-refractivity contribution in [3.8, 4) is 0 Å². The van der Waals surface area contributed by atoms with E-state index in [9.17, 15) is 0 Å². The van der Waals surface area contributed by atoms with Crippen LogP contribution in [0.15, 0.2) is 5.51 Å². The quantitative estimate of drug-likeness (QED) is 0.484. The first-order chi connectivity index (χ1) is 7.83. The minimum Gasteiger partial charge on any atom is -0.271 e. The fourth-order valence-corrected chi connectivity index (χ4v) is 3.63. The van der Waals surface area contributed by atoms with Crippen molar-refractivity contribution < 1.29 is 0 Å². The molecule has 1 fully saturated rings. The van der Waals surface area contributed by atoms with E-state index in [1.165, 1.54) is 43.4 Å². The average molecular weight is 239 g/mol. The second kappa shape index (κ2) is 5.75. The van der Waals surface area contributed by atoms with Crippen molar-refractivity contribution in [3.05, 3.63) is 16.1 Å². The van der Waals surface area contributed by atoms with Gasteiger partial charge in [-0.2, -0.15) is 0 Å². The number of nitrogens with zero attached hydrogens (tertiary/aromatic N) is 1. The number of rotatable bonds is 3. The van der Waals surface area contributed by atoms with Crippen LogP contribution in [0.25, 0.3) is 0 Å². The van der Waals surface area contributed by atoms with Gasteiger partial charge in [-0.15, -0.1) is 11.3 Å². The minimum absolute atomic E-state index is 0.311. The molecule has 16 heavy (non-hydrogen) atoms. The molecule has 0 bridgehead atoms. The van der Waals surface area contributed by atoms with Crippen molar-refractivity contribution in [2.75, 3.05) is 0 Å². The van der Waals surface area contributed by atoms with E-state index < -0.39 is 0 Å². The summed E-state index contributed by atoms with van der Waals surface area (Å²) >= 11 is 1.73. The first-order valence-electron chi connectivity index (χ1n) is 6.19. The molecule has 1 aromatic rings. The largest absolute Gasteiger partial charge is 0.271 e. The number of hydrogen-bond acceptors (Lipinski definition) is 4. The Morgan fingerprint density at radius 2 is 2.06 bits per heavy atom. The lowest BCUT2D eigenvalue weighted by molar-refractivity contribution is 0.332. The van der Waals surface area contributed by atoms with E-state index in [1.807, 2.05) is 5.51 Å². The standard InChI is InChI=1S/C12H21N3S/c1-9-12(16-8-14-9)11(15-13)10-6-4-2-3-5-7-10/h8,10-11,15H,2-7,13H2,1H3. The van der Waals surface area contributed by atoms with Gasteiger partial charge in [-0.1, -0.05) is 25.7 Å². The Kier molecular flexibility index (Phi) is 4.32. The van der Waals surface area contributed by atoms with E-state index in [1.54, 1.807) is 11.3 Å². The molecule has 0 amide bonds. The number of hydrogen-bond donors (Lipinski definition) is 2. The molecule has 2 rings (SSSR count). The van der Waals surface area contributed by atoms with Gasteiger partial charge in [-0.05, 0) is 25.7 Å². The topological polar surface area (TPSA) is 50.9 Å². The summed E-state index contributed by atoms with van der Waals surface area (Å²) < 4.78 is 0. The molecule has 0 saturated heterocycles. The maximum atomic E-state index is 5.74. The molecule has 1 heterocycles. The molecular weight excluding hydrogens is 218 g/mol. The lowest BCUT2D eigenvalue weighted by Crippen LogP contribution is -2.33. The van der Waals surface area contributed by atoms with Gasteiger partial charge in [0.15, 0.2) is 0 Å². The van der Waals surface area contributed by atoms with Crippen LogP contribution in [0.1, 0.15) is 55.1 Å². The fraction of sp³-hybridized carbons (Fsp3) is 0.750. The highest BCUT2D eigenvalue weighted by Gasteiger charge is 2.25. The molecule has 0 radical (unpaired) electrons. The first kappa shape index (κ1) is 12.0. The van der Waals surface area contributed by atoms with E-state index in [2.05, 4.69) is 17.3 Å². The van der Waals surface area contributed by atoms with Crippen molar-refractivity contribution >= 4 is 11.3 Å². The predicted octanol–water partition coefficient (Wildman–Crippen LogP) is 2.93. The maximum Gasteiger partial charge on any atom is 0.0798 e. The number of aromatic nitrogens is 1. The smallest absolute Gasteiger partial charge is 0.0798 e. The number of hydrazine groups is 1. The number of nitrogens with one attached hydrogen (secondary N) is 1. The van der Waals surface area contributed by atoms with Crippen LogP contribution < -0.4 is 11.3 Å². The lowest BCUT2D eigenvalue weighted by atomic mass is 9.91. The van der Waals surface area contributed by atoms with Gasteiger partial charge in [0.25, 0.3) is 0 Å². The van der Waals surface area contributed by atoms with Gasteiger partial charge >= 0.3 is 0 Å². The van der Waals surface area contributed by atoms with E-state index in [0.717, 1.165) is 5.69 Å². The summed E-state index contributed by atoms with van der Waals surface area (Å²) in [7, 11) is 0. The summed E-state index contributed by atoms with van der Waals surface area (Å²) in [5.41, 5.74) is 6.07. The molecule has 1 unspecified atom stereocenters. The molecule has 90 valence electrons. The Hall–Kier alpha value is -0.450. The molecule has 4 heteroatoms. The van der Waals surface area contributed by atoms with Crippen LogP contribution in [-0.2, 0) is 0 Å². The van der Waals surface area contributed by atoms with E-state index in [0.29, 0.717) is 12.0 Å². The van der Waals surface area contributed by atoms with Crippen molar-refractivity contribution in [2.45, 2.75) is 51.5 Å². The fourth-order valence-electron chi connectivity index (χ4n) is 2.68. The van der Waals surface area contributed by atoms with Crippen molar-refractivity contribution in [1.82, 2.24) is 10.4 Å². The van der Waals surface area contributed by atoms with E-state index >= 15 is 0 Å². The third-order valence-electron chi connectivity index (χ3n) is 3.62. The Morgan fingerprint density at radius 3 is 2.56 bits per heavy atom. The van der Waals surface area contributed by atoms with Gasteiger partial charge in [0.2, 0.25) is 0 Å². The monoisotopic (exact) mass is 239 g/mol. The van der Waals surface area contributed by atoms with Gasteiger partial charge < -0.3 is 0 Å². The molecule has 1 atom stereocenters. The van der Waals surface area contributed by atoms with Crippen LogP contribution >= 0.6 is 11.3 Å². The molecule has 1 aromatic heterocycles. The number of thiazole rings is 1. The van der Waals surface area contributed by atoms with Gasteiger partial charge in [0, 0.05) is 4.88 Å². The summed E-state index contributed by atoms with van der Waals surface area (Å²) in [6.45, 7) is 2.08. The van der Waals surface area contributed by atoms with Gasteiger partial charge in [0.1, 0.15) is 0 Å². The lowest BCUT2D eigenvalue weighted by Gasteiger charge is -2.24. The third kappa shape index (κ3) is 2.62. The highest BCUT2D eigenvalue weighted by Crippen LogP contribution is 2.35. The Labute approximate surface area is 101 Å². The second-order valence-electron chi connectivity index (χ2n) is 4.70. The van der Waals surface area contributed by atoms with Gasteiger partial charge in [0.05, 0.1) is 17.2 Å². The van der Waals surface area contributed by atoms with Crippen molar-refractivity contribution in [3.63, 3.8) is 0 Å². The van der Waals surface area contributed by atoms with Gasteiger partial charge in [-0.3, -0.25) is 11.3 Å². The zero-order valence-corrected chi connectivity index (χ0v) is 10.7. The van der Waals surface area contributed by atoms with Crippen molar-refractivity contribution in [2.24, 2.45) is 11.8 Å². The molecule has 1 aliphatic rings. The zero-order chi connectivity index (χ0) is 11.4. The van der Waals surface area contributed by atoms with E-state index in [-0.39, 0.29) is 0 Å². The molecule has 1 saturated carbocycles. The molecule has 1 aliphatic carbocycles. The molecule has 0 aliphatic heterocycles. The normalized spacial score (nSPS) is 20.6. The van der Waals surface area contributed by atoms with Crippen molar-refractivity contribution in [1.29, 1.82) is 0 Å². The maximum absolute atomic E-state index is 5.74.